The third-order valence-corrected chi connectivity index (χ3v) is 6.31. The van der Waals surface area contributed by atoms with Crippen molar-refractivity contribution in [1.29, 1.82) is 0 Å². The second-order valence-electron chi connectivity index (χ2n) is 7.94. The Labute approximate surface area is 165 Å². The molecule has 1 saturated heterocycles. The quantitative estimate of drug-likeness (QED) is 0.677. The third kappa shape index (κ3) is 2.99. The van der Waals surface area contributed by atoms with Crippen molar-refractivity contribution in [1.82, 2.24) is 14.4 Å². The number of nitrogens with zero attached hydrogens (tertiary/aromatic N) is 3. The predicted molar refractivity (Wildman–Crippen MR) is 109 cm³/mol. The Morgan fingerprint density at radius 3 is 2.82 bits per heavy atom. The second kappa shape index (κ2) is 6.90. The Morgan fingerprint density at radius 2 is 2.00 bits per heavy atom. The highest BCUT2D eigenvalue weighted by atomic mass is 16.7. The fourth-order valence-electron chi connectivity index (χ4n) is 4.68. The Bertz CT molecular complexity index is 1000. The van der Waals surface area contributed by atoms with E-state index in [1.54, 1.807) is 0 Å². The summed E-state index contributed by atoms with van der Waals surface area (Å²) in [6.07, 6.45) is 8.10. The molecule has 1 fully saturated rings. The van der Waals surface area contributed by atoms with Gasteiger partial charge in [-0.25, -0.2) is 4.98 Å². The van der Waals surface area contributed by atoms with Crippen molar-refractivity contribution in [3.8, 4) is 16.9 Å². The number of aromatic nitrogens is 2. The molecular weight excluding hydrogens is 350 g/mol. The first-order valence-corrected chi connectivity index (χ1v) is 10.3. The highest BCUT2D eigenvalue weighted by molar-refractivity contribution is 5.70. The molecule has 5 nitrogen and oxygen atoms in total. The van der Waals surface area contributed by atoms with Crippen LogP contribution < -0.4 is 4.74 Å². The number of piperidine rings is 1. The monoisotopic (exact) mass is 377 g/mol. The summed E-state index contributed by atoms with van der Waals surface area (Å²) < 4.78 is 8.71. The van der Waals surface area contributed by atoms with Gasteiger partial charge in [0.15, 0.2) is 0 Å². The summed E-state index contributed by atoms with van der Waals surface area (Å²) in [5.74, 6) is 1.06. The minimum absolute atomic E-state index is 0.0201. The largest absolute Gasteiger partial charge is 0.487 e. The zero-order valence-electron chi connectivity index (χ0n) is 16.6. The first-order chi connectivity index (χ1) is 13.7. The molecule has 5 rings (SSSR count). The average molecular weight is 377 g/mol. The van der Waals surface area contributed by atoms with E-state index in [0.717, 1.165) is 56.8 Å². The van der Waals surface area contributed by atoms with Crippen molar-refractivity contribution in [2.24, 2.45) is 0 Å². The van der Waals surface area contributed by atoms with Gasteiger partial charge in [0.05, 0.1) is 6.61 Å². The summed E-state index contributed by atoms with van der Waals surface area (Å²) in [5, 5.41) is 2.09. The maximum absolute atomic E-state index is 6.57. The summed E-state index contributed by atoms with van der Waals surface area (Å²) in [4.78, 5) is 10.0. The molecule has 4 heterocycles. The van der Waals surface area contributed by atoms with Gasteiger partial charge >= 0.3 is 0 Å². The fraction of sp³-hybridized carbons (Fsp3) is 0.435. The Hall–Kier alpha value is -2.37. The number of hydrogen-bond acceptors (Lipinski definition) is 4. The van der Waals surface area contributed by atoms with E-state index in [4.69, 9.17) is 9.57 Å². The number of pyridine rings is 1. The van der Waals surface area contributed by atoms with Gasteiger partial charge in [-0.15, -0.1) is 0 Å². The van der Waals surface area contributed by atoms with Gasteiger partial charge in [-0.3, -0.25) is 4.84 Å². The van der Waals surface area contributed by atoms with Crippen molar-refractivity contribution in [3.05, 3.63) is 54.0 Å². The van der Waals surface area contributed by atoms with Crippen molar-refractivity contribution in [3.63, 3.8) is 0 Å². The molecule has 0 bridgehead atoms. The predicted octanol–water partition coefficient (Wildman–Crippen LogP) is 4.42. The molecule has 2 aliphatic rings. The molecule has 0 radical (unpaired) electrons. The van der Waals surface area contributed by atoms with E-state index < -0.39 is 0 Å². The van der Waals surface area contributed by atoms with Crippen molar-refractivity contribution < 1.29 is 9.57 Å². The summed E-state index contributed by atoms with van der Waals surface area (Å²) in [5.41, 5.74) is 6.00. The van der Waals surface area contributed by atoms with E-state index in [0.29, 0.717) is 0 Å². The van der Waals surface area contributed by atoms with Crippen LogP contribution in [0, 0.1) is 6.92 Å². The lowest BCUT2D eigenvalue weighted by atomic mass is 9.83. The normalized spacial score (nSPS) is 18.9. The second-order valence-corrected chi connectivity index (χ2v) is 7.94. The van der Waals surface area contributed by atoms with E-state index in [2.05, 4.69) is 51.7 Å². The summed E-state index contributed by atoms with van der Waals surface area (Å²) in [6, 6.07) is 10.9. The first-order valence-electron chi connectivity index (χ1n) is 10.3. The third-order valence-electron chi connectivity index (χ3n) is 6.31. The van der Waals surface area contributed by atoms with Crippen LogP contribution in [0.4, 0.5) is 0 Å². The van der Waals surface area contributed by atoms with Crippen LogP contribution in [-0.4, -0.2) is 39.7 Å². The number of hydrogen-bond donors (Lipinski definition) is 0. The number of fused-ring (bicyclic) bond motifs is 2. The van der Waals surface area contributed by atoms with Crippen LogP contribution >= 0.6 is 0 Å². The standard InChI is InChI=1S/C23H27N3O2/c1-3-27-25-13-10-23(11-14-25)9-8-19-16-18(4-6-21(19)28-23)20-5-7-22-24-12-15-26(22)17(20)2/h4-7,12,15-16H,3,8-11,13-14H2,1-2H3. The van der Waals surface area contributed by atoms with E-state index in [9.17, 15) is 0 Å². The highest BCUT2D eigenvalue weighted by Crippen LogP contribution is 2.41. The Morgan fingerprint density at radius 1 is 1.14 bits per heavy atom. The van der Waals surface area contributed by atoms with Gasteiger partial charge in [-0.2, -0.15) is 5.06 Å². The summed E-state index contributed by atoms with van der Waals surface area (Å²) in [6.45, 7) is 6.84. The molecule has 2 aliphatic heterocycles. The average Bonchev–Trinajstić information content (AvgIpc) is 3.20. The van der Waals surface area contributed by atoms with Crippen LogP contribution in [0.5, 0.6) is 5.75 Å². The number of imidazole rings is 1. The molecule has 0 atom stereocenters. The van der Waals surface area contributed by atoms with Gasteiger partial charge in [0.25, 0.3) is 0 Å². The van der Waals surface area contributed by atoms with Gasteiger partial charge in [-0.05, 0) is 62.1 Å². The minimum Gasteiger partial charge on any atom is -0.487 e. The first kappa shape index (κ1) is 17.7. The number of rotatable bonds is 3. The number of hydroxylamine groups is 2. The number of benzene rings is 1. The molecule has 3 aromatic rings. The lowest BCUT2D eigenvalue weighted by Gasteiger charge is -2.44. The zero-order chi connectivity index (χ0) is 19.1. The molecule has 2 aromatic heterocycles. The molecular formula is C23H27N3O2. The van der Waals surface area contributed by atoms with Crippen LogP contribution in [0.25, 0.3) is 16.8 Å². The maximum atomic E-state index is 6.57. The molecule has 0 unspecified atom stereocenters. The Kier molecular flexibility index (Phi) is 4.37. The van der Waals surface area contributed by atoms with Crippen molar-refractivity contribution >= 4 is 5.65 Å². The van der Waals surface area contributed by atoms with Crippen molar-refractivity contribution in [2.75, 3.05) is 19.7 Å². The molecule has 1 spiro atoms. The smallest absolute Gasteiger partial charge is 0.136 e. The molecule has 0 saturated carbocycles. The number of ether oxygens (including phenoxy) is 1. The topological polar surface area (TPSA) is 39.0 Å². The molecule has 0 amide bonds. The SMILES string of the molecule is CCON1CCC2(CCc3cc(-c4ccc5nccn5c4C)ccc3O2)CC1. The van der Waals surface area contributed by atoms with Crippen LogP contribution in [0.1, 0.15) is 37.4 Å². The maximum Gasteiger partial charge on any atom is 0.136 e. The lowest BCUT2D eigenvalue weighted by molar-refractivity contribution is -0.188. The van der Waals surface area contributed by atoms with Crippen LogP contribution in [0.15, 0.2) is 42.7 Å². The molecule has 1 aromatic carbocycles. The van der Waals surface area contributed by atoms with Crippen molar-refractivity contribution in [2.45, 2.75) is 45.1 Å². The van der Waals surface area contributed by atoms with Crippen LogP contribution in [-0.2, 0) is 11.3 Å². The molecule has 5 heteroatoms. The summed E-state index contributed by atoms with van der Waals surface area (Å²) in [7, 11) is 0. The minimum atomic E-state index is -0.0201. The lowest BCUT2D eigenvalue weighted by Crippen LogP contribution is -2.49. The number of aryl methyl sites for hydroxylation is 2. The Balaban J connectivity index is 1.40. The van der Waals surface area contributed by atoms with E-state index in [1.165, 1.54) is 22.4 Å². The zero-order valence-corrected chi connectivity index (χ0v) is 16.6. The molecule has 28 heavy (non-hydrogen) atoms. The van der Waals surface area contributed by atoms with E-state index >= 15 is 0 Å². The fourth-order valence-corrected chi connectivity index (χ4v) is 4.68. The van der Waals surface area contributed by atoms with Gasteiger partial charge in [-0.1, -0.05) is 6.07 Å². The highest BCUT2D eigenvalue weighted by Gasteiger charge is 2.39. The van der Waals surface area contributed by atoms with Crippen LogP contribution in [0.2, 0.25) is 0 Å². The van der Waals surface area contributed by atoms with Gasteiger partial charge in [0.1, 0.15) is 17.0 Å². The van der Waals surface area contributed by atoms with Gasteiger partial charge in [0.2, 0.25) is 0 Å². The molecule has 0 N–H and O–H groups in total. The summed E-state index contributed by atoms with van der Waals surface area (Å²) >= 11 is 0. The van der Waals surface area contributed by atoms with E-state index in [-0.39, 0.29) is 5.60 Å². The molecule has 0 aliphatic carbocycles. The van der Waals surface area contributed by atoms with Gasteiger partial charge in [0, 0.05) is 49.6 Å². The molecule has 146 valence electrons. The van der Waals surface area contributed by atoms with E-state index in [1.807, 2.05) is 19.3 Å². The van der Waals surface area contributed by atoms with Crippen LogP contribution in [0.3, 0.4) is 0 Å². The van der Waals surface area contributed by atoms with Gasteiger partial charge < -0.3 is 9.14 Å².